The van der Waals surface area contributed by atoms with E-state index < -0.39 is 55.5 Å². The van der Waals surface area contributed by atoms with Gasteiger partial charge in [0.1, 0.15) is 24.4 Å². The Kier molecular flexibility index (Phi) is 9.99. The fraction of sp³-hybridized carbons (Fsp3) is 0.385. The molecular weight excluding hydrogens is 480 g/mol. The van der Waals surface area contributed by atoms with Crippen LogP contribution in [0.5, 0.6) is 5.75 Å². The van der Waals surface area contributed by atoms with Crippen molar-refractivity contribution in [3.63, 3.8) is 0 Å². The van der Waals surface area contributed by atoms with Crippen molar-refractivity contribution in [2.45, 2.75) is 31.0 Å². The fourth-order valence-electron chi connectivity index (χ4n) is 3.83. The Morgan fingerprint density at radius 3 is 2.43 bits per heavy atom. The van der Waals surface area contributed by atoms with E-state index in [4.69, 9.17) is 4.74 Å². The highest BCUT2D eigenvalue weighted by molar-refractivity contribution is 6.01. The minimum Gasteiger partial charge on any atom is -0.491 e. The summed E-state index contributed by atoms with van der Waals surface area (Å²) in [4.78, 5) is 53.8. The second kappa shape index (κ2) is 13.4. The van der Waals surface area contributed by atoms with Crippen LogP contribution in [0.15, 0.2) is 54.6 Å². The molecule has 3 rings (SSSR count). The molecule has 4 amide bonds. The summed E-state index contributed by atoms with van der Waals surface area (Å²) in [5, 5.41) is 26.3. The summed E-state index contributed by atoms with van der Waals surface area (Å²) in [5.41, 5.74) is 0.978. The number of aliphatic hydroxyl groups is 2. The lowest BCUT2D eigenvalue weighted by atomic mass is 10.0. The Labute approximate surface area is 214 Å². The molecule has 2 aromatic rings. The number of rotatable bonds is 6. The van der Waals surface area contributed by atoms with Gasteiger partial charge in [-0.1, -0.05) is 42.5 Å². The second-order valence-corrected chi connectivity index (χ2v) is 8.72. The number of carbonyl (C=O) groups is 4. The van der Waals surface area contributed by atoms with Crippen molar-refractivity contribution < 1.29 is 34.1 Å². The van der Waals surface area contributed by atoms with Gasteiger partial charge >= 0.3 is 0 Å². The Bertz CT molecular complexity index is 1090. The van der Waals surface area contributed by atoms with Crippen LogP contribution in [0.2, 0.25) is 0 Å². The molecule has 2 atom stereocenters. The number of benzene rings is 2. The third kappa shape index (κ3) is 7.76. The summed E-state index contributed by atoms with van der Waals surface area (Å²) in [6.07, 6.45) is -0.258. The van der Waals surface area contributed by atoms with Crippen molar-refractivity contribution in [2.24, 2.45) is 0 Å². The van der Waals surface area contributed by atoms with E-state index in [1.54, 1.807) is 25.2 Å². The minimum atomic E-state index is -1.35. The number of fused-ring (bicyclic) bond motifs is 1. The van der Waals surface area contributed by atoms with Gasteiger partial charge < -0.3 is 35.8 Å². The maximum Gasteiger partial charge on any atom is 0.255 e. The van der Waals surface area contributed by atoms with Crippen molar-refractivity contribution in [3.05, 3.63) is 65.7 Å². The molecule has 11 heteroatoms. The maximum atomic E-state index is 13.3. The van der Waals surface area contributed by atoms with Crippen molar-refractivity contribution in [1.29, 1.82) is 0 Å². The SMILES string of the molecule is CN1CCOc2ccccc2C(=O)N[C@H](C(=O)NC(CO)CO)CC(=O)N[C@@H](Cc2ccccc2)C1=O. The number of likely N-dealkylation sites (N-methyl/N-ethyl adjacent to an activating group) is 1. The van der Waals surface area contributed by atoms with Crippen molar-refractivity contribution in [2.75, 3.05) is 33.4 Å². The van der Waals surface area contributed by atoms with Crippen LogP contribution < -0.4 is 20.7 Å². The lowest BCUT2D eigenvalue weighted by molar-refractivity contribution is -0.136. The highest BCUT2D eigenvalue weighted by Gasteiger charge is 2.30. The van der Waals surface area contributed by atoms with E-state index in [-0.39, 0.29) is 36.8 Å². The Balaban J connectivity index is 1.92. The zero-order chi connectivity index (χ0) is 26.8. The lowest BCUT2D eigenvalue weighted by Gasteiger charge is -2.27. The first kappa shape index (κ1) is 27.6. The average Bonchev–Trinajstić information content (AvgIpc) is 2.90. The first-order chi connectivity index (χ1) is 17.8. The van der Waals surface area contributed by atoms with Gasteiger partial charge in [0.15, 0.2) is 0 Å². The van der Waals surface area contributed by atoms with Gasteiger partial charge in [-0.05, 0) is 17.7 Å². The molecule has 0 saturated carbocycles. The molecule has 37 heavy (non-hydrogen) atoms. The molecule has 0 radical (unpaired) electrons. The summed E-state index contributed by atoms with van der Waals surface area (Å²) in [7, 11) is 1.60. The number of ether oxygens (including phenoxy) is 1. The van der Waals surface area contributed by atoms with Crippen LogP contribution >= 0.6 is 0 Å². The molecule has 0 unspecified atom stereocenters. The molecule has 0 aromatic heterocycles. The van der Waals surface area contributed by atoms with Crippen LogP contribution in [-0.2, 0) is 20.8 Å². The van der Waals surface area contributed by atoms with E-state index in [0.717, 1.165) is 5.56 Å². The monoisotopic (exact) mass is 512 g/mol. The quantitative estimate of drug-likeness (QED) is 0.340. The molecule has 0 spiro atoms. The Hall–Kier alpha value is -3.96. The van der Waals surface area contributed by atoms with Crippen molar-refractivity contribution in [1.82, 2.24) is 20.9 Å². The van der Waals surface area contributed by atoms with Crippen LogP contribution in [0.25, 0.3) is 0 Å². The molecule has 0 bridgehead atoms. The van der Waals surface area contributed by atoms with Crippen LogP contribution in [0.1, 0.15) is 22.3 Å². The zero-order valence-corrected chi connectivity index (χ0v) is 20.6. The lowest BCUT2D eigenvalue weighted by Crippen LogP contribution is -2.55. The number of nitrogens with one attached hydrogen (secondary N) is 3. The van der Waals surface area contributed by atoms with Gasteiger partial charge in [0.05, 0.1) is 37.8 Å². The van der Waals surface area contributed by atoms with Gasteiger partial charge in [0, 0.05) is 13.5 Å². The molecular formula is C26H32N4O7. The molecule has 11 nitrogen and oxygen atoms in total. The number of hydrogen-bond acceptors (Lipinski definition) is 7. The topological polar surface area (TPSA) is 157 Å². The van der Waals surface area contributed by atoms with Crippen molar-refractivity contribution >= 4 is 23.6 Å². The first-order valence-electron chi connectivity index (χ1n) is 12.0. The average molecular weight is 513 g/mol. The molecule has 2 aromatic carbocycles. The molecule has 1 heterocycles. The van der Waals surface area contributed by atoms with E-state index in [9.17, 15) is 29.4 Å². The molecule has 1 aliphatic heterocycles. The van der Waals surface area contributed by atoms with Gasteiger partial charge in [-0.3, -0.25) is 19.2 Å². The summed E-state index contributed by atoms with van der Waals surface area (Å²) in [6, 6.07) is 12.4. The molecule has 0 aliphatic carbocycles. The number of carbonyl (C=O) groups excluding carboxylic acids is 4. The highest BCUT2D eigenvalue weighted by Crippen LogP contribution is 2.19. The standard InChI is InChI=1S/C26H32N4O7/c1-30-11-12-37-22-10-6-5-9-19(22)24(34)29-20(25(35)27-18(15-31)16-32)14-23(33)28-21(26(30)36)13-17-7-3-2-4-8-17/h2-10,18,20-21,31-32H,11-16H2,1H3,(H,27,35)(H,28,33)(H,29,34)/t20-,21-/m0/s1. The number of aliphatic hydroxyl groups excluding tert-OH is 2. The fourth-order valence-corrected chi connectivity index (χ4v) is 3.83. The first-order valence-corrected chi connectivity index (χ1v) is 12.0. The molecule has 0 saturated heterocycles. The third-order valence-corrected chi connectivity index (χ3v) is 5.91. The number of nitrogens with zero attached hydrogens (tertiary/aromatic N) is 1. The second-order valence-electron chi connectivity index (χ2n) is 8.72. The maximum absolute atomic E-state index is 13.3. The van der Waals surface area contributed by atoms with Crippen LogP contribution in [0, 0.1) is 0 Å². The van der Waals surface area contributed by atoms with Gasteiger partial charge in [-0.25, -0.2) is 0 Å². The third-order valence-electron chi connectivity index (χ3n) is 5.91. The molecule has 198 valence electrons. The Morgan fingerprint density at radius 1 is 1.05 bits per heavy atom. The summed E-state index contributed by atoms with van der Waals surface area (Å²) >= 11 is 0. The summed E-state index contributed by atoms with van der Waals surface area (Å²) in [6.45, 7) is -0.765. The largest absolute Gasteiger partial charge is 0.491 e. The minimum absolute atomic E-state index is 0.0944. The van der Waals surface area contributed by atoms with Gasteiger partial charge in [-0.2, -0.15) is 0 Å². The van der Waals surface area contributed by atoms with Gasteiger partial charge in [-0.15, -0.1) is 0 Å². The predicted octanol–water partition coefficient (Wildman–Crippen LogP) is -0.777. The number of hydrogen-bond donors (Lipinski definition) is 5. The van der Waals surface area contributed by atoms with Crippen LogP contribution in [0.3, 0.4) is 0 Å². The van der Waals surface area contributed by atoms with Crippen LogP contribution in [-0.4, -0.2) is 90.3 Å². The van der Waals surface area contributed by atoms with E-state index in [1.807, 2.05) is 30.3 Å². The smallest absolute Gasteiger partial charge is 0.255 e. The number of amides is 4. The van der Waals surface area contributed by atoms with E-state index in [1.165, 1.54) is 11.0 Å². The molecule has 5 N–H and O–H groups in total. The summed E-state index contributed by atoms with van der Waals surface area (Å²) < 4.78 is 5.78. The van der Waals surface area contributed by atoms with Gasteiger partial charge in [0.25, 0.3) is 5.91 Å². The van der Waals surface area contributed by atoms with E-state index >= 15 is 0 Å². The van der Waals surface area contributed by atoms with Gasteiger partial charge in [0.2, 0.25) is 17.7 Å². The number of para-hydroxylation sites is 1. The molecule has 1 aliphatic rings. The highest BCUT2D eigenvalue weighted by atomic mass is 16.5. The normalized spacial score (nSPS) is 19.2. The Morgan fingerprint density at radius 2 is 1.73 bits per heavy atom. The molecule has 0 fully saturated rings. The van der Waals surface area contributed by atoms with Crippen LogP contribution in [0.4, 0.5) is 0 Å². The van der Waals surface area contributed by atoms with Crippen molar-refractivity contribution in [3.8, 4) is 5.75 Å². The summed E-state index contributed by atoms with van der Waals surface area (Å²) in [5.74, 6) is -2.13. The van der Waals surface area contributed by atoms with E-state index in [0.29, 0.717) is 0 Å². The van der Waals surface area contributed by atoms with E-state index in [2.05, 4.69) is 16.0 Å². The predicted molar refractivity (Wildman–Crippen MR) is 134 cm³/mol. The zero-order valence-electron chi connectivity index (χ0n) is 20.6.